The fraction of sp³-hybridized carbons (Fsp3) is 0.190. The molecule has 0 aliphatic carbocycles. The van der Waals surface area contributed by atoms with Crippen LogP contribution >= 0.6 is 23.1 Å². The van der Waals surface area contributed by atoms with Gasteiger partial charge >= 0.3 is 10.8 Å². The molecule has 0 bridgehead atoms. The topological polar surface area (TPSA) is 97.5 Å². The molecular weight excluding hydrogens is 424 g/mol. The van der Waals surface area contributed by atoms with Crippen molar-refractivity contribution in [3.8, 4) is 11.5 Å². The lowest BCUT2D eigenvalue weighted by molar-refractivity contribution is -0.142. The number of H-pyrrole nitrogens is 1. The number of anilines is 1. The zero-order valence-corrected chi connectivity index (χ0v) is 17.3. The molecule has 2 aliphatic heterocycles. The summed E-state index contributed by atoms with van der Waals surface area (Å²) in [7, 11) is 1.57. The molecule has 5 rings (SSSR count). The number of esters is 1. The average molecular weight is 441 g/mol. The number of rotatable bonds is 3. The van der Waals surface area contributed by atoms with Crippen LogP contribution in [0, 0.1) is 5.92 Å². The van der Waals surface area contributed by atoms with Crippen molar-refractivity contribution in [2.45, 2.75) is 16.2 Å². The van der Waals surface area contributed by atoms with Gasteiger partial charge < -0.3 is 19.8 Å². The van der Waals surface area contributed by atoms with Crippen LogP contribution < -0.4 is 19.7 Å². The third-order valence-corrected chi connectivity index (χ3v) is 7.62. The zero-order valence-electron chi connectivity index (χ0n) is 15.7. The minimum absolute atomic E-state index is 0.209. The molecule has 0 fully saturated rings. The Kier molecular flexibility index (Phi) is 4.63. The van der Waals surface area contributed by atoms with Gasteiger partial charge in [0.15, 0.2) is 0 Å². The fourth-order valence-corrected chi connectivity index (χ4v) is 6.32. The quantitative estimate of drug-likeness (QED) is 0.479. The van der Waals surface area contributed by atoms with Crippen molar-refractivity contribution in [1.29, 1.82) is 0 Å². The molecule has 0 spiro atoms. The lowest BCUT2D eigenvalue weighted by Gasteiger charge is -2.38. The highest BCUT2D eigenvalue weighted by Crippen LogP contribution is 2.53. The Morgan fingerprint density at radius 2 is 1.90 bits per heavy atom. The van der Waals surface area contributed by atoms with Gasteiger partial charge in [0, 0.05) is 22.0 Å². The van der Waals surface area contributed by atoms with Gasteiger partial charge in [0.1, 0.15) is 16.7 Å². The molecule has 0 unspecified atom stereocenters. The molecule has 7 nitrogen and oxygen atoms in total. The Labute approximate surface area is 179 Å². The normalized spacial score (nSPS) is 21.6. The first-order chi connectivity index (χ1) is 14.5. The summed E-state index contributed by atoms with van der Waals surface area (Å²) < 4.78 is 10.7. The van der Waals surface area contributed by atoms with E-state index in [1.165, 1.54) is 11.8 Å². The molecular formula is C21H16N2O5S2. The van der Waals surface area contributed by atoms with E-state index in [-0.39, 0.29) is 10.8 Å². The van der Waals surface area contributed by atoms with Gasteiger partial charge in [0.05, 0.1) is 18.1 Å². The van der Waals surface area contributed by atoms with Crippen molar-refractivity contribution >= 4 is 40.7 Å². The first kappa shape index (κ1) is 19.0. The van der Waals surface area contributed by atoms with E-state index >= 15 is 0 Å². The van der Waals surface area contributed by atoms with Gasteiger partial charge in [-0.1, -0.05) is 41.3 Å². The standard InChI is InChI=1S/C21H16N2O5S2/c1-27-11-8-6-10(7-9-11)22-18(24)16-15-14(17-19(29-16)23-21(26)30-17)12-4-2-3-5-13(12)28-20(15)25/h2-9,14-16H,1H3,(H,22,24)(H,23,26)/t14-,15+,16+/m0/s1. The molecule has 2 N–H and O–H groups in total. The van der Waals surface area contributed by atoms with Crippen molar-refractivity contribution in [2.75, 3.05) is 12.4 Å². The molecule has 0 saturated carbocycles. The minimum Gasteiger partial charge on any atom is -0.497 e. The summed E-state index contributed by atoms with van der Waals surface area (Å²) in [4.78, 5) is 41.6. The fourth-order valence-electron chi connectivity index (χ4n) is 3.86. The monoisotopic (exact) mass is 440 g/mol. The second-order valence-electron chi connectivity index (χ2n) is 6.93. The molecule has 2 aliphatic rings. The van der Waals surface area contributed by atoms with Crippen LogP contribution in [0.3, 0.4) is 0 Å². The van der Waals surface area contributed by atoms with Crippen LogP contribution in [0.2, 0.25) is 0 Å². The van der Waals surface area contributed by atoms with Gasteiger partial charge in [-0.25, -0.2) is 0 Å². The molecule has 0 radical (unpaired) electrons. The van der Waals surface area contributed by atoms with Crippen molar-refractivity contribution in [2.24, 2.45) is 5.92 Å². The van der Waals surface area contributed by atoms with Gasteiger partial charge in [0.2, 0.25) is 5.91 Å². The Balaban J connectivity index is 1.54. The molecule has 2 aromatic carbocycles. The summed E-state index contributed by atoms with van der Waals surface area (Å²) in [5, 5.41) is 2.74. The summed E-state index contributed by atoms with van der Waals surface area (Å²) in [6.45, 7) is 0. The Morgan fingerprint density at radius 3 is 2.67 bits per heavy atom. The number of carbonyl (C=O) groups excluding carboxylic acids is 2. The summed E-state index contributed by atoms with van der Waals surface area (Å²) in [6, 6.07) is 14.2. The van der Waals surface area contributed by atoms with Crippen LogP contribution in [-0.2, 0) is 9.59 Å². The lowest BCUT2D eigenvalue weighted by atomic mass is 9.80. The summed E-state index contributed by atoms with van der Waals surface area (Å²) in [5.41, 5.74) is 1.40. The average Bonchev–Trinajstić information content (AvgIpc) is 3.13. The number of hydrogen-bond donors (Lipinski definition) is 2. The zero-order chi connectivity index (χ0) is 20.8. The summed E-state index contributed by atoms with van der Waals surface area (Å²) in [6.07, 6.45) is 0. The first-order valence-electron chi connectivity index (χ1n) is 9.20. The van der Waals surface area contributed by atoms with Gasteiger partial charge in [-0.3, -0.25) is 14.4 Å². The Hall–Kier alpha value is -3.04. The van der Waals surface area contributed by atoms with Gasteiger partial charge in [-0.15, -0.1) is 0 Å². The number of fused-ring (bicyclic) bond motifs is 5. The van der Waals surface area contributed by atoms with Crippen molar-refractivity contribution in [3.63, 3.8) is 0 Å². The number of aromatic nitrogens is 1. The van der Waals surface area contributed by atoms with E-state index in [4.69, 9.17) is 9.47 Å². The molecule has 3 atom stereocenters. The maximum Gasteiger partial charge on any atom is 0.317 e. The van der Waals surface area contributed by atoms with Crippen LogP contribution in [-0.4, -0.2) is 29.2 Å². The number of thioether (sulfide) groups is 1. The molecule has 1 amide bonds. The van der Waals surface area contributed by atoms with Crippen LogP contribution in [0.5, 0.6) is 11.5 Å². The largest absolute Gasteiger partial charge is 0.497 e. The highest BCUT2D eigenvalue weighted by atomic mass is 32.2. The number of hydrogen-bond acceptors (Lipinski definition) is 7. The van der Waals surface area contributed by atoms with Crippen molar-refractivity contribution in [3.05, 3.63) is 68.6 Å². The number of methoxy groups -OCH3 is 1. The molecule has 9 heteroatoms. The van der Waals surface area contributed by atoms with E-state index < -0.39 is 23.1 Å². The van der Waals surface area contributed by atoms with E-state index in [1.54, 1.807) is 43.5 Å². The maximum atomic E-state index is 13.2. The van der Waals surface area contributed by atoms with Gasteiger partial charge in [-0.05, 0) is 30.3 Å². The number of ether oxygens (including phenoxy) is 2. The first-order valence-corrected chi connectivity index (χ1v) is 10.9. The smallest absolute Gasteiger partial charge is 0.317 e. The maximum absolute atomic E-state index is 13.2. The predicted octanol–water partition coefficient (Wildman–Crippen LogP) is 3.23. The van der Waals surface area contributed by atoms with Crippen molar-refractivity contribution in [1.82, 2.24) is 4.98 Å². The van der Waals surface area contributed by atoms with E-state index in [1.807, 2.05) is 12.1 Å². The Morgan fingerprint density at radius 1 is 1.13 bits per heavy atom. The molecule has 3 aromatic rings. The highest BCUT2D eigenvalue weighted by Gasteiger charge is 2.51. The number of aromatic amines is 1. The van der Waals surface area contributed by atoms with Crippen molar-refractivity contribution < 1.29 is 19.1 Å². The second-order valence-corrected chi connectivity index (χ2v) is 9.09. The number of thiazole rings is 1. The van der Waals surface area contributed by atoms with Gasteiger partial charge in [-0.2, -0.15) is 0 Å². The van der Waals surface area contributed by atoms with Crippen LogP contribution in [0.1, 0.15) is 16.4 Å². The highest BCUT2D eigenvalue weighted by molar-refractivity contribution is 8.00. The van der Waals surface area contributed by atoms with E-state index in [9.17, 15) is 14.4 Å². The number of benzene rings is 2. The number of para-hydroxylation sites is 1. The minimum atomic E-state index is -0.754. The lowest BCUT2D eigenvalue weighted by Crippen LogP contribution is -2.46. The second kappa shape index (κ2) is 7.33. The molecule has 30 heavy (non-hydrogen) atoms. The summed E-state index contributed by atoms with van der Waals surface area (Å²) >= 11 is 2.27. The van der Waals surface area contributed by atoms with E-state index in [0.29, 0.717) is 22.2 Å². The van der Waals surface area contributed by atoms with E-state index in [0.717, 1.165) is 21.8 Å². The number of nitrogens with one attached hydrogen (secondary N) is 2. The number of carbonyl (C=O) groups is 2. The van der Waals surface area contributed by atoms with E-state index in [2.05, 4.69) is 10.3 Å². The predicted molar refractivity (Wildman–Crippen MR) is 114 cm³/mol. The molecule has 3 heterocycles. The Bertz CT molecular complexity index is 1200. The number of amides is 1. The van der Waals surface area contributed by atoms with Crippen LogP contribution in [0.15, 0.2) is 58.4 Å². The SMILES string of the molecule is COc1ccc(NC(=O)[C@@H]2Sc3[nH]c(=O)sc3[C@H]3c4ccccc4OC(=O)[C@H]32)cc1. The molecule has 1 aromatic heterocycles. The third-order valence-electron chi connectivity index (χ3n) is 5.21. The van der Waals surface area contributed by atoms with Gasteiger partial charge in [0.25, 0.3) is 0 Å². The molecule has 0 saturated heterocycles. The van der Waals surface area contributed by atoms with Crippen LogP contribution in [0.4, 0.5) is 5.69 Å². The van der Waals surface area contributed by atoms with Crippen LogP contribution in [0.25, 0.3) is 0 Å². The summed E-state index contributed by atoms with van der Waals surface area (Å²) in [5.74, 6) is -0.789. The third kappa shape index (κ3) is 3.10. The molecule has 152 valence electrons.